The maximum absolute atomic E-state index is 13.0. The van der Waals surface area contributed by atoms with Crippen molar-refractivity contribution >= 4 is 32.9 Å². The van der Waals surface area contributed by atoms with Crippen LogP contribution in [-0.4, -0.2) is 54.9 Å². The van der Waals surface area contributed by atoms with Crippen molar-refractivity contribution in [3.8, 4) is 0 Å². The van der Waals surface area contributed by atoms with E-state index in [9.17, 15) is 17.6 Å². The number of benzene rings is 2. The molecular weight excluding hydrogens is 425 g/mol. The van der Waals surface area contributed by atoms with Crippen LogP contribution in [0.15, 0.2) is 58.4 Å². The Morgan fingerprint density at radius 1 is 1.10 bits per heavy atom. The van der Waals surface area contributed by atoms with Gasteiger partial charge in [0, 0.05) is 31.0 Å². The first kappa shape index (κ1) is 22.5. The summed E-state index contributed by atoms with van der Waals surface area (Å²) < 4.78 is 39.6. The average Bonchev–Trinajstić information content (AvgIpc) is 3.22. The van der Waals surface area contributed by atoms with Gasteiger partial charge < -0.3 is 0 Å². The fourth-order valence-corrected chi connectivity index (χ4v) is 5.56. The third-order valence-electron chi connectivity index (χ3n) is 4.77. The topological polar surface area (TPSA) is 70.1 Å². The maximum atomic E-state index is 13.0. The van der Waals surface area contributed by atoms with Crippen LogP contribution < -0.4 is 0 Å². The molecule has 2 aromatic rings. The zero-order valence-corrected chi connectivity index (χ0v) is 18.5. The van der Waals surface area contributed by atoms with Crippen molar-refractivity contribution in [2.45, 2.75) is 24.5 Å². The minimum Gasteiger partial charge on any atom is -0.286 e. The zero-order chi connectivity index (χ0) is 21.7. The summed E-state index contributed by atoms with van der Waals surface area (Å²) in [6.45, 7) is 5.35. The van der Waals surface area contributed by atoms with Gasteiger partial charge in [0.2, 0.25) is 10.0 Å². The van der Waals surface area contributed by atoms with Gasteiger partial charge in [-0.3, -0.25) is 14.7 Å². The largest absolute Gasteiger partial charge is 0.286 e. The van der Waals surface area contributed by atoms with Crippen molar-refractivity contribution < 1.29 is 17.6 Å². The van der Waals surface area contributed by atoms with E-state index < -0.39 is 10.0 Å². The van der Waals surface area contributed by atoms with Crippen LogP contribution in [0.3, 0.4) is 0 Å². The second-order valence-electron chi connectivity index (χ2n) is 6.65. The molecule has 0 N–H and O–H groups in total. The molecular formula is C21H24FN3O3S2. The molecule has 2 aromatic carbocycles. The normalized spacial score (nSPS) is 14.3. The van der Waals surface area contributed by atoms with Crippen molar-refractivity contribution in [1.82, 2.24) is 9.21 Å². The number of nitrogens with zero attached hydrogens (tertiary/aromatic N) is 3. The molecule has 3 rings (SSSR count). The van der Waals surface area contributed by atoms with Gasteiger partial charge in [-0.2, -0.15) is 4.31 Å². The van der Waals surface area contributed by atoms with Gasteiger partial charge >= 0.3 is 0 Å². The van der Waals surface area contributed by atoms with Crippen molar-refractivity contribution in [2.24, 2.45) is 4.99 Å². The molecule has 6 nitrogen and oxygen atoms in total. The van der Waals surface area contributed by atoms with E-state index in [1.807, 2.05) is 0 Å². The Balaban J connectivity index is 1.69. The predicted molar refractivity (Wildman–Crippen MR) is 118 cm³/mol. The first-order valence-corrected chi connectivity index (χ1v) is 12.1. The zero-order valence-electron chi connectivity index (χ0n) is 16.9. The lowest BCUT2D eigenvalue weighted by Crippen LogP contribution is -2.33. The van der Waals surface area contributed by atoms with E-state index in [2.05, 4.69) is 4.99 Å². The van der Waals surface area contributed by atoms with E-state index in [1.54, 1.807) is 43.0 Å². The molecule has 0 aliphatic carbocycles. The number of halogens is 1. The molecule has 1 amide bonds. The quantitative estimate of drug-likeness (QED) is 0.648. The van der Waals surface area contributed by atoms with Gasteiger partial charge in [0.1, 0.15) is 5.82 Å². The molecule has 0 unspecified atom stereocenters. The minimum absolute atomic E-state index is 0.170. The summed E-state index contributed by atoms with van der Waals surface area (Å²) in [6, 6.07) is 12.3. The highest BCUT2D eigenvalue weighted by Gasteiger charge is 2.26. The fourth-order valence-electron chi connectivity index (χ4n) is 3.11. The number of rotatable bonds is 7. The fraction of sp³-hybridized carbons (Fsp3) is 0.333. The monoisotopic (exact) mass is 449 g/mol. The Hall–Kier alpha value is -2.23. The van der Waals surface area contributed by atoms with Crippen LogP contribution in [0.2, 0.25) is 0 Å². The number of hydrogen-bond acceptors (Lipinski definition) is 5. The van der Waals surface area contributed by atoms with E-state index >= 15 is 0 Å². The number of amides is 1. The summed E-state index contributed by atoms with van der Waals surface area (Å²) in [6.07, 6.45) is 0. The standard InChI is InChI=1S/C21H24FN3O3S2/c1-3-24(4-2)30(27,28)19-11-7-17(8-12-19)20(26)25-14-13-23-21(25)29-15-16-5-9-18(22)10-6-16/h5-12H,3-4,13-15H2,1-2H3. The molecule has 0 saturated carbocycles. The third-order valence-corrected chi connectivity index (χ3v) is 7.92. The lowest BCUT2D eigenvalue weighted by molar-refractivity contribution is 0.0860. The van der Waals surface area contributed by atoms with Gasteiger partial charge in [0.15, 0.2) is 5.17 Å². The molecule has 0 bridgehead atoms. The van der Waals surface area contributed by atoms with Crippen LogP contribution in [0.4, 0.5) is 4.39 Å². The van der Waals surface area contributed by atoms with Crippen molar-refractivity contribution in [1.29, 1.82) is 0 Å². The second-order valence-corrected chi connectivity index (χ2v) is 9.53. The smallest absolute Gasteiger partial charge is 0.259 e. The van der Waals surface area contributed by atoms with Crippen molar-refractivity contribution in [3.63, 3.8) is 0 Å². The molecule has 0 aromatic heterocycles. The van der Waals surface area contributed by atoms with Gasteiger partial charge in [-0.05, 0) is 42.0 Å². The van der Waals surface area contributed by atoms with Gasteiger partial charge in [-0.25, -0.2) is 12.8 Å². The molecule has 0 saturated heterocycles. The van der Waals surface area contributed by atoms with Gasteiger partial charge in [-0.1, -0.05) is 37.7 Å². The maximum Gasteiger partial charge on any atom is 0.259 e. The number of carbonyl (C=O) groups excluding carboxylic acids is 1. The lowest BCUT2D eigenvalue weighted by Gasteiger charge is -2.20. The molecule has 0 fully saturated rings. The number of hydrogen-bond donors (Lipinski definition) is 0. The number of amidine groups is 1. The highest BCUT2D eigenvalue weighted by atomic mass is 32.2. The van der Waals surface area contributed by atoms with E-state index in [1.165, 1.54) is 40.3 Å². The van der Waals surface area contributed by atoms with E-state index in [0.717, 1.165) is 5.56 Å². The summed E-state index contributed by atoms with van der Waals surface area (Å²) >= 11 is 1.42. The summed E-state index contributed by atoms with van der Waals surface area (Å²) in [5.41, 5.74) is 1.35. The lowest BCUT2D eigenvalue weighted by atomic mass is 10.2. The first-order chi connectivity index (χ1) is 14.4. The Bertz CT molecular complexity index is 1020. The van der Waals surface area contributed by atoms with Crippen LogP contribution in [0.5, 0.6) is 0 Å². The molecule has 30 heavy (non-hydrogen) atoms. The molecule has 0 atom stereocenters. The number of carbonyl (C=O) groups is 1. The Labute approximate surface area is 180 Å². The van der Waals surface area contributed by atoms with Crippen LogP contribution in [0.25, 0.3) is 0 Å². The average molecular weight is 450 g/mol. The van der Waals surface area contributed by atoms with Crippen molar-refractivity contribution in [3.05, 3.63) is 65.5 Å². The van der Waals surface area contributed by atoms with E-state index in [4.69, 9.17) is 0 Å². The van der Waals surface area contributed by atoms with Gasteiger partial charge in [0.25, 0.3) is 5.91 Å². The molecule has 160 valence electrons. The second kappa shape index (κ2) is 9.72. The molecule has 1 aliphatic rings. The number of sulfonamides is 1. The highest BCUT2D eigenvalue weighted by Crippen LogP contribution is 2.23. The summed E-state index contributed by atoms with van der Waals surface area (Å²) in [4.78, 5) is 19.1. The van der Waals surface area contributed by atoms with Crippen LogP contribution in [0, 0.1) is 5.82 Å². The van der Waals surface area contributed by atoms with Crippen LogP contribution in [-0.2, 0) is 15.8 Å². The van der Waals surface area contributed by atoms with Crippen LogP contribution in [0.1, 0.15) is 29.8 Å². The SMILES string of the molecule is CCN(CC)S(=O)(=O)c1ccc(C(=O)N2CCN=C2SCc2ccc(F)cc2)cc1. The predicted octanol–water partition coefficient (Wildman–Crippen LogP) is 3.60. The molecule has 0 spiro atoms. The molecule has 1 heterocycles. The molecule has 9 heteroatoms. The molecule has 1 aliphatic heterocycles. The Morgan fingerprint density at radius 3 is 2.33 bits per heavy atom. The number of aliphatic imine (C=N–C) groups is 1. The third kappa shape index (κ3) is 4.91. The van der Waals surface area contributed by atoms with Gasteiger partial charge in [0.05, 0.1) is 11.4 Å². The summed E-state index contributed by atoms with van der Waals surface area (Å²) in [7, 11) is -3.56. The van der Waals surface area contributed by atoms with E-state index in [-0.39, 0.29) is 16.6 Å². The minimum atomic E-state index is -3.56. The van der Waals surface area contributed by atoms with Gasteiger partial charge in [-0.15, -0.1) is 0 Å². The Morgan fingerprint density at radius 2 is 1.73 bits per heavy atom. The van der Waals surface area contributed by atoms with Crippen LogP contribution >= 0.6 is 11.8 Å². The summed E-state index contributed by atoms with van der Waals surface area (Å²) in [5.74, 6) is 0.0686. The van der Waals surface area contributed by atoms with E-state index in [0.29, 0.717) is 42.7 Å². The molecule has 0 radical (unpaired) electrons. The first-order valence-electron chi connectivity index (χ1n) is 9.70. The highest BCUT2D eigenvalue weighted by molar-refractivity contribution is 8.13. The summed E-state index contributed by atoms with van der Waals surface area (Å²) in [5, 5.41) is 0.615. The number of thioether (sulfide) groups is 1. The Kier molecular flexibility index (Phi) is 7.27. The van der Waals surface area contributed by atoms with Crippen molar-refractivity contribution in [2.75, 3.05) is 26.2 Å².